The van der Waals surface area contributed by atoms with Gasteiger partial charge in [0.15, 0.2) is 30.1 Å². The third-order valence-corrected chi connectivity index (χ3v) is 20.1. The average Bonchev–Trinajstić information content (AvgIpc) is 0.765. The van der Waals surface area contributed by atoms with Crippen LogP contribution in [-0.4, -0.2) is 232 Å². The molecule has 11 bridgehead atoms. The van der Waals surface area contributed by atoms with E-state index in [1.165, 1.54) is 64.2 Å². The van der Waals surface area contributed by atoms with Gasteiger partial charge >= 0.3 is 5.97 Å². The van der Waals surface area contributed by atoms with E-state index in [0.717, 1.165) is 48.5 Å². The van der Waals surface area contributed by atoms with E-state index in [1.807, 2.05) is 13.8 Å². The minimum Gasteiger partial charge on any atom is -0.508 e. The summed E-state index contributed by atoms with van der Waals surface area (Å²) in [5, 5.41) is 153. The fourth-order valence-electron chi connectivity index (χ4n) is 13.9. The van der Waals surface area contributed by atoms with E-state index < -0.39 is 257 Å². The number of aliphatic hydroxyl groups is 8. The van der Waals surface area contributed by atoms with Crippen molar-refractivity contribution in [2.45, 2.75) is 194 Å². The molecule has 7 amide bonds. The number of amides is 7. The molecule has 8 aliphatic rings. The van der Waals surface area contributed by atoms with E-state index in [4.69, 9.17) is 61.0 Å². The van der Waals surface area contributed by atoms with Gasteiger partial charge in [-0.25, -0.2) is 4.79 Å². The topological polar surface area (TPSA) is 589 Å². The lowest BCUT2D eigenvalue weighted by atomic mass is 9.86. The summed E-state index contributed by atoms with van der Waals surface area (Å²) < 4.78 is 50.1. The van der Waals surface area contributed by atoms with Crippen LogP contribution >= 0.6 is 11.6 Å². The first kappa shape index (κ1) is 81.3. The number of likely N-dealkylation sites (N-methyl/N-ethyl adjacent to an activating group) is 1. The Labute approximate surface area is 631 Å². The predicted octanol–water partition coefficient (Wildman–Crippen LogP) is -1.70. The number of rotatable bonds is 15. The molecule has 594 valence electrons. The van der Waals surface area contributed by atoms with Crippen molar-refractivity contribution in [3.05, 3.63) is 118 Å². The summed E-state index contributed by atoms with van der Waals surface area (Å²) in [6, 6.07) is 1.02. The smallest absolute Gasteiger partial charge is 0.330 e. The zero-order chi connectivity index (χ0) is 80.0. The molecule has 0 aliphatic carbocycles. The summed E-state index contributed by atoms with van der Waals surface area (Å²) in [6.07, 6.45) is -27.7. The van der Waals surface area contributed by atoms with E-state index in [0.29, 0.717) is 0 Å². The number of carboxylic acid groups (broad SMARTS) is 1. The molecule has 5 aromatic carbocycles. The van der Waals surface area contributed by atoms with E-state index >= 15 is 19.2 Å². The Hall–Kier alpha value is -9.65. The molecule has 0 aromatic heterocycles. The van der Waals surface area contributed by atoms with Crippen molar-refractivity contribution in [2.24, 2.45) is 17.4 Å². The first-order chi connectivity index (χ1) is 51.9. The third-order valence-electron chi connectivity index (χ3n) is 19.8. The summed E-state index contributed by atoms with van der Waals surface area (Å²) in [5.41, 5.74) is 8.25. The highest BCUT2D eigenvalue weighted by atomic mass is 35.5. The minimum atomic E-state index is -2.37. The Morgan fingerprint density at radius 2 is 1.32 bits per heavy atom. The summed E-state index contributed by atoms with van der Waals surface area (Å²) >= 11 is 7.07. The number of primary amides is 1. The second-order valence-electron chi connectivity index (χ2n) is 28.4. The zero-order valence-corrected chi connectivity index (χ0v) is 60.4. The molecule has 110 heavy (non-hydrogen) atoms. The molecule has 0 radical (unpaired) electrons. The molecule has 8 aliphatic heterocycles. The van der Waals surface area contributed by atoms with Gasteiger partial charge in [-0.1, -0.05) is 49.7 Å². The van der Waals surface area contributed by atoms with Crippen LogP contribution in [0.5, 0.6) is 46.0 Å². The lowest BCUT2D eigenvalue weighted by Gasteiger charge is -2.45. The van der Waals surface area contributed by atoms with Gasteiger partial charge in [-0.15, -0.1) is 0 Å². The molecule has 23 unspecified atom stereocenters. The van der Waals surface area contributed by atoms with Crippen LogP contribution in [0.2, 0.25) is 5.02 Å². The molecule has 0 saturated carbocycles. The van der Waals surface area contributed by atoms with E-state index in [9.17, 15) is 80.5 Å². The summed E-state index contributed by atoms with van der Waals surface area (Å²) in [7, 11) is 1.47. The number of phenols is 3. The zero-order valence-electron chi connectivity index (χ0n) is 59.6. The highest BCUT2D eigenvalue weighted by Crippen LogP contribution is 2.49. The normalized spacial score (nSPS) is 32.2. The number of carboxylic acids is 1. The van der Waals surface area contributed by atoms with Gasteiger partial charge in [0.25, 0.3) is 0 Å². The maximum absolute atomic E-state index is 16.3. The van der Waals surface area contributed by atoms with Gasteiger partial charge in [-0.2, -0.15) is 0 Å². The van der Waals surface area contributed by atoms with Crippen LogP contribution in [0.1, 0.15) is 112 Å². The minimum absolute atomic E-state index is 0.0630. The molecule has 37 nitrogen and oxygen atoms in total. The number of ether oxygens (including phenoxy) is 8. The Morgan fingerprint density at radius 3 is 1.96 bits per heavy atom. The number of halogens is 1. The fraction of sp³-hybridized carbons (Fsp3) is 0.472. The number of aliphatic carboxylic acids is 1. The molecule has 0 spiro atoms. The number of hydrogen-bond donors (Lipinski definition) is 21. The van der Waals surface area contributed by atoms with Crippen molar-refractivity contribution < 1.29 is 138 Å². The standard InChI is InChI=1S/C72H86ClN9O28/c1-25(2)15-37(76-6)63(95)81-51-54(89)30-10-14-41(36(73)17-30)106-43-19-31-18-42(60(43)109-71-58(93)56(91)61(44(24-83)107-71)110-70-57(92)55(90)53(88)26(3)104-70)105-33-11-7-28(8-12-33)59(108-46-23-72(5,75)62(94)27(4)103-46)52-68(100)80-50(69(101)102)35-20-32(84)21-40(86)47(35)34-16-29(9-13-39(34)85)48(65(97)82-52)79-66(98)49(31)78-64(96)38(22-45(74)87)77-67(51)99/h7-14,16-21,25-27,37-38,44,46,48-59,61-62,70-71,76,83-86,88-94H,15,22-24,75H2,1-6H3,(H2,74,87)(H,77,99)(H,78,96)(H,79,98)(H,80,100)(H,81,95)(H,82,97)(H,101,102). The maximum atomic E-state index is 16.3. The van der Waals surface area contributed by atoms with E-state index in [-0.39, 0.29) is 52.0 Å². The van der Waals surface area contributed by atoms with Crippen LogP contribution in [0.15, 0.2) is 84.9 Å². The molecular weight excluding hydrogens is 1470 g/mol. The number of phenolic OH excluding ortho intramolecular Hbond substituents is 3. The fourth-order valence-corrected chi connectivity index (χ4v) is 14.1. The van der Waals surface area contributed by atoms with Gasteiger partial charge in [0.05, 0.1) is 42.4 Å². The summed E-state index contributed by atoms with van der Waals surface area (Å²) in [5.74, 6) is -15.9. The van der Waals surface area contributed by atoms with Crippen molar-refractivity contribution in [1.82, 2.24) is 37.2 Å². The summed E-state index contributed by atoms with van der Waals surface area (Å²) in [4.78, 5) is 119. The lowest BCUT2D eigenvalue weighted by molar-refractivity contribution is -0.349. The number of benzene rings is 5. The molecule has 3 saturated heterocycles. The van der Waals surface area contributed by atoms with Crippen molar-refractivity contribution in [1.29, 1.82) is 0 Å². The number of nitrogens with two attached hydrogens (primary N) is 2. The Balaban J connectivity index is 1.15. The SMILES string of the molecule is CNC(CC(C)C)C(=O)NC1C(=O)NC(CC(N)=O)C(=O)NC2C(=O)NC3C(=O)NC(C(=O)NC(C(=O)O)c4cc(O)cc(O)c4-c4cc3ccc4O)C(OC3CC(C)(N)C(O)C(C)O3)c3ccc(cc3)Oc3cc2cc(c3OC2OC(CO)C(OC3OC(C)C(O)C(O)C3O)C(O)C2O)Oc2ccc(cc2Cl)C1O. The van der Waals surface area contributed by atoms with Crippen molar-refractivity contribution >= 4 is 58.9 Å². The number of carbonyl (C=O) groups is 8. The molecular formula is C72H86ClN9O28. The Bertz CT molecular complexity index is 4330. The maximum Gasteiger partial charge on any atom is 0.330 e. The quantitative estimate of drug-likeness (QED) is 0.0556. The van der Waals surface area contributed by atoms with Gasteiger partial charge < -0.3 is 148 Å². The van der Waals surface area contributed by atoms with Crippen LogP contribution in [0, 0.1) is 5.92 Å². The van der Waals surface area contributed by atoms with Gasteiger partial charge in [0.1, 0.15) is 114 Å². The first-order valence-corrected chi connectivity index (χ1v) is 35.3. The van der Waals surface area contributed by atoms with Gasteiger partial charge in [-0.05, 0) is 117 Å². The second-order valence-corrected chi connectivity index (χ2v) is 28.8. The predicted molar refractivity (Wildman–Crippen MR) is 376 cm³/mol. The van der Waals surface area contributed by atoms with Crippen molar-refractivity contribution in [3.63, 3.8) is 0 Å². The molecule has 23 N–H and O–H groups in total. The molecule has 13 rings (SSSR count). The largest absolute Gasteiger partial charge is 0.508 e. The van der Waals surface area contributed by atoms with E-state index in [1.54, 1.807) is 0 Å². The van der Waals surface area contributed by atoms with Crippen LogP contribution < -0.4 is 62.9 Å². The van der Waals surface area contributed by atoms with Gasteiger partial charge in [0, 0.05) is 34.7 Å². The highest BCUT2D eigenvalue weighted by molar-refractivity contribution is 6.32. The van der Waals surface area contributed by atoms with Crippen LogP contribution in [0.4, 0.5) is 0 Å². The third kappa shape index (κ3) is 17.1. The highest BCUT2D eigenvalue weighted by Gasteiger charge is 2.53. The first-order valence-electron chi connectivity index (χ1n) is 34.9. The average molecular weight is 1560 g/mol. The number of carbonyl (C=O) groups excluding carboxylic acids is 7. The number of nitrogens with one attached hydrogen (secondary N) is 7. The number of aliphatic hydroxyl groups excluding tert-OH is 8. The Kier molecular flexibility index (Phi) is 24.5. The molecule has 3 fully saturated rings. The monoisotopic (exact) mass is 1560 g/mol. The van der Waals surface area contributed by atoms with Crippen LogP contribution in [0.25, 0.3) is 11.1 Å². The molecule has 8 heterocycles. The Morgan fingerprint density at radius 1 is 0.673 bits per heavy atom. The van der Waals surface area contributed by atoms with Gasteiger partial charge in [0.2, 0.25) is 53.4 Å². The van der Waals surface area contributed by atoms with Crippen molar-refractivity contribution in [2.75, 3.05) is 13.7 Å². The van der Waals surface area contributed by atoms with Gasteiger partial charge in [-0.3, -0.25) is 33.6 Å². The lowest BCUT2D eigenvalue weighted by Crippen LogP contribution is -2.64. The van der Waals surface area contributed by atoms with Crippen LogP contribution in [-0.2, 0) is 62.0 Å². The molecule has 23 atom stereocenters. The second kappa shape index (κ2) is 33.1. The number of fused-ring (bicyclic) bond motifs is 15. The van der Waals surface area contributed by atoms with E-state index in [2.05, 4.69) is 37.2 Å². The molecule has 38 heteroatoms. The van der Waals surface area contributed by atoms with Crippen LogP contribution in [0.3, 0.4) is 0 Å². The van der Waals surface area contributed by atoms with Crippen molar-refractivity contribution in [3.8, 4) is 57.1 Å². The number of aromatic hydroxyl groups is 3. The summed E-state index contributed by atoms with van der Waals surface area (Å²) in [6.45, 7) is 6.85. The number of hydrogen-bond acceptors (Lipinski definition) is 29. The molecule has 5 aromatic rings.